The zero-order valence-electron chi connectivity index (χ0n) is 57.9. The van der Waals surface area contributed by atoms with Crippen LogP contribution in [0.4, 0.5) is 28.4 Å². The predicted molar refractivity (Wildman–Crippen MR) is 431 cm³/mol. The minimum atomic E-state index is -0.722. The molecule has 6 aliphatic rings. The summed E-state index contributed by atoms with van der Waals surface area (Å²) < 4.78 is 0. The number of hydrogen-bond acceptors (Lipinski definition) is 2. The summed E-state index contributed by atoms with van der Waals surface area (Å²) in [7, 11) is 0. The van der Waals surface area contributed by atoms with Crippen LogP contribution in [0.3, 0.4) is 0 Å². The Hall–Kier alpha value is -12.4. The molecule has 5 atom stereocenters. The molecule has 0 amide bonds. The Morgan fingerprint density at radius 3 is 1.34 bits per heavy atom. The van der Waals surface area contributed by atoms with E-state index in [1.165, 1.54) is 138 Å². The highest BCUT2D eigenvalue weighted by Crippen LogP contribution is 2.66. The highest BCUT2D eigenvalue weighted by molar-refractivity contribution is 6.03. The van der Waals surface area contributed by atoms with Crippen LogP contribution < -0.4 is 20.2 Å². The minimum absolute atomic E-state index is 0.283. The molecule has 0 aromatic heterocycles. The van der Waals surface area contributed by atoms with E-state index in [1.807, 2.05) is 12.2 Å². The topological polar surface area (TPSA) is 6.48 Å². The van der Waals surface area contributed by atoms with Crippen LogP contribution >= 0.6 is 0 Å². The van der Waals surface area contributed by atoms with E-state index >= 15 is 0 Å². The smallest absolute Gasteiger partial charge is 0.0727 e. The molecule has 14 aromatic carbocycles. The summed E-state index contributed by atoms with van der Waals surface area (Å²) in [5.41, 5.74) is 32.7. The fourth-order valence-electron chi connectivity index (χ4n) is 19.5. The monoisotopic (exact) mass is 1310 g/mol. The van der Waals surface area contributed by atoms with Gasteiger partial charge in [-0.15, -0.1) is 0 Å². The van der Waals surface area contributed by atoms with Crippen molar-refractivity contribution in [1.82, 2.24) is 0 Å². The molecule has 2 heteroatoms. The van der Waals surface area contributed by atoms with E-state index in [-0.39, 0.29) is 5.92 Å². The van der Waals surface area contributed by atoms with Crippen LogP contribution in [0, 0.1) is 11.8 Å². The first kappa shape index (κ1) is 60.6. The van der Waals surface area contributed by atoms with Gasteiger partial charge in [-0.3, -0.25) is 0 Å². The summed E-state index contributed by atoms with van der Waals surface area (Å²) in [6, 6.07) is 123. The van der Waals surface area contributed by atoms with Crippen molar-refractivity contribution in [2.24, 2.45) is 11.8 Å². The molecule has 488 valence electrons. The number of nitrogens with zero attached hydrogens (tertiary/aromatic N) is 2. The van der Waals surface area contributed by atoms with E-state index in [9.17, 15) is 0 Å². The van der Waals surface area contributed by atoms with E-state index < -0.39 is 16.2 Å². The Balaban J connectivity index is 0.832. The second-order valence-electron chi connectivity index (χ2n) is 29.2. The molecule has 5 unspecified atom stereocenters. The average molecular weight is 1320 g/mol. The first-order valence-electron chi connectivity index (χ1n) is 36.5. The molecule has 6 aliphatic carbocycles. The molecule has 0 radical (unpaired) electrons. The summed E-state index contributed by atoms with van der Waals surface area (Å²) in [5.74, 6) is 0.682. The molecule has 0 aliphatic heterocycles. The fourth-order valence-corrected chi connectivity index (χ4v) is 19.5. The first-order chi connectivity index (χ1) is 50.8. The number of hydrogen-bond donors (Lipinski definition) is 0. The number of benzene rings is 14. The lowest BCUT2D eigenvalue weighted by molar-refractivity contribution is 0.718. The zero-order valence-corrected chi connectivity index (χ0v) is 57.9. The van der Waals surface area contributed by atoms with Gasteiger partial charge in [0, 0.05) is 39.1 Å². The highest BCUT2D eigenvalue weighted by Gasteiger charge is 2.54. The minimum Gasteiger partial charge on any atom is -0.314 e. The van der Waals surface area contributed by atoms with Gasteiger partial charge in [0.2, 0.25) is 0 Å². The van der Waals surface area contributed by atoms with E-state index in [0.29, 0.717) is 5.92 Å². The normalized spacial score (nSPS) is 19.5. The van der Waals surface area contributed by atoms with Crippen molar-refractivity contribution in [2.75, 3.05) is 9.80 Å². The molecular formula is C101H74N2. The Morgan fingerprint density at radius 1 is 0.340 bits per heavy atom. The highest BCUT2D eigenvalue weighted by atomic mass is 15.2. The molecule has 0 heterocycles. The Morgan fingerprint density at radius 2 is 0.767 bits per heavy atom. The SMILES string of the molecule is C=Cc1ccc(C2(c3ccccc3)C3=C(CC(C)C=C3)c3ccc(N(c4ccc5c(c4)C4(c6ccccc6-c6ccc(N(C7=c8ccccc8=CC(C)C7)c7ccc8c(c7)C(c7ccccc7)(c7ccc(C=C)cc7)c7ccccc7-8)cc64)c4ccccc4-5)c4cccc5ccccc45)cc32)cc1. The predicted octanol–water partition coefficient (Wildman–Crippen LogP) is 23.8. The Kier molecular flexibility index (Phi) is 13.7. The number of anilines is 5. The first-order valence-corrected chi connectivity index (χ1v) is 36.5. The van der Waals surface area contributed by atoms with Crippen molar-refractivity contribution in [1.29, 1.82) is 0 Å². The van der Waals surface area contributed by atoms with E-state index in [0.717, 1.165) is 52.4 Å². The third kappa shape index (κ3) is 8.68. The molecule has 14 aromatic rings. The third-order valence-corrected chi connectivity index (χ3v) is 23.8. The summed E-state index contributed by atoms with van der Waals surface area (Å²) >= 11 is 0. The largest absolute Gasteiger partial charge is 0.314 e. The van der Waals surface area contributed by atoms with Crippen molar-refractivity contribution in [3.05, 3.63) is 441 Å². The molecule has 1 spiro atoms. The van der Waals surface area contributed by atoms with Gasteiger partial charge in [-0.1, -0.05) is 324 Å². The number of allylic oxidation sites excluding steroid dienone is 4. The van der Waals surface area contributed by atoms with Crippen LogP contribution in [0.1, 0.15) is 105 Å². The van der Waals surface area contributed by atoms with Gasteiger partial charge in [-0.2, -0.15) is 0 Å². The lowest BCUT2D eigenvalue weighted by Crippen LogP contribution is -2.37. The molecule has 0 N–H and O–H groups in total. The molecule has 0 bridgehead atoms. The average Bonchev–Trinajstić information content (AvgIpc) is 1.52. The summed E-state index contributed by atoms with van der Waals surface area (Å²) in [5, 5.41) is 4.90. The van der Waals surface area contributed by atoms with Crippen molar-refractivity contribution < 1.29 is 0 Å². The Labute approximate surface area is 603 Å². The molecular weight excluding hydrogens is 1240 g/mol. The quantitative estimate of drug-likeness (QED) is 0.120. The van der Waals surface area contributed by atoms with Crippen LogP contribution in [0.15, 0.2) is 352 Å². The summed E-state index contributed by atoms with van der Waals surface area (Å²) in [6.45, 7) is 13.1. The van der Waals surface area contributed by atoms with Crippen LogP contribution in [-0.4, -0.2) is 0 Å². The molecule has 0 saturated carbocycles. The Bertz CT molecular complexity index is 6070. The van der Waals surface area contributed by atoms with Crippen molar-refractivity contribution in [2.45, 2.75) is 42.9 Å². The van der Waals surface area contributed by atoms with Gasteiger partial charge >= 0.3 is 0 Å². The van der Waals surface area contributed by atoms with Gasteiger partial charge in [0.1, 0.15) is 0 Å². The van der Waals surface area contributed by atoms with Crippen LogP contribution in [0.2, 0.25) is 0 Å². The second kappa shape index (κ2) is 23.4. The van der Waals surface area contributed by atoms with Gasteiger partial charge < -0.3 is 9.80 Å². The molecule has 20 rings (SSSR count). The van der Waals surface area contributed by atoms with E-state index in [1.54, 1.807) is 0 Å². The molecule has 0 fully saturated rings. The molecule has 103 heavy (non-hydrogen) atoms. The van der Waals surface area contributed by atoms with Crippen molar-refractivity contribution >= 4 is 68.7 Å². The lowest BCUT2D eigenvalue weighted by Gasteiger charge is -2.37. The zero-order chi connectivity index (χ0) is 68.7. The maximum absolute atomic E-state index is 4.19. The van der Waals surface area contributed by atoms with Gasteiger partial charge in [0.15, 0.2) is 0 Å². The van der Waals surface area contributed by atoms with Crippen LogP contribution in [0.5, 0.6) is 0 Å². The van der Waals surface area contributed by atoms with Gasteiger partial charge in [0.05, 0.1) is 21.9 Å². The van der Waals surface area contributed by atoms with Gasteiger partial charge in [-0.05, 0) is 212 Å². The fraction of sp³-hybridized carbons (Fsp3) is 0.0891. The second-order valence-corrected chi connectivity index (χ2v) is 29.2. The lowest BCUT2D eigenvalue weighted by atomic mass is 9.66. The molecule has 0 saturated heterocycles. The maximum Gasteiger partial charge on any atom is 0.0727 e. The van der Waals surface area contributed by atoms with Crippen LogP contribution in [0.25, 0.3) is 73.7 Å². The van der Waals surface area contributed by atoms with E-state index in [2.05, 4.69) is 377 Å². The third-order valence-electron chi connectivity index (χ3n) is 23.8. The molecule has 2 nitrogen and oxygen atoms in total. The van der Waals surface area contributed by atoms with Gasteiger partial charge in [0.25, 0.3) is 0 Å². The summed E-state index contributed by atoms with van der Waals surface area (Å²) in [6.07, 6.45) is 13.1. The van der Waals surface area contributed by atoms with Crippen molar-refractivity contribution in [3.63, 3.8) is 0 Å². The van der Waals surface area contributed by atoms with Crippen molar-refractivity contribution in [3.8, 4) is 33.4 Å². The number of fused-ring (bicyclic) bond motifs is 17. The summed E-state index contributed by atoms with van der Waals surface area (Å²) in [4.78, 5) is 5.23. The van der Waals surface area contributed by atoms with Crippen LogP contribution in [-0.2, 0) is 16.2 Å². The van der Waals surface area contributed by atoms with E-state index in [4.69, 9.17) is 0 Å². The number of rotatable bonds is 12. The standard InChI is InChI=1S/C101H74N2/c1-5-67-41-45-73(46-42-67)99(71-27-9-7-10-28-71)89-36-20-17-33-81(89)84-53-50-77(62-93(84)99)103(98-60-66(4)58-70-25-14-16-32-80(70)98)78-51-55-86-83-35-19-22-38-91(83)101(96(86)64-78)90-37-21-18-34-82(90)85-54-49-76(63-95(85)101)102(97-39-23-26-69-24-13-15-31-79(69)97)75-52-56-87-88-59-65(3)40-57-92(88)100(94(87)61-75,72-29-11-8-12-30-72)74-47-43-68(6-2)44-48-74/h5-58,61-66H,1-2,59-60H2,3-4H3. The van der Waals surface area contributed by atoms with Gasteiger partial charge in [-0.25, -0.2) is 0 Å². The maximum atomic E-state index is 4.19.